The zero-order valence-corrected chi connectivity index (χ0v) is 9.56. The molecular formula is C12H11FN4O. The Morgan fingerprint density at radius 3 is 3.06 bits per heavy atom. The Balaban J connectivity index is 1.85. The zero-order chi connectivity index (χ0) is 12.8. The maximum absolute atomic E-state index is 13.7. The fourth-order valence-corrected chi connectivity index (χ4v) is 1.53. The van der Waals surface area contributed by atoms with Crippen LogP contribution in [-0.4, -0.2) is 16.7 Å². The summed E-state index contributed by atoms with van der Waals surface area (Å²) in [6.45, 7) is 0.967. The highest BCUT2D eigenvalue weighted by Gasteiger charge is 2.06. The molecule has 2 aromatic rings. The van der Waals surface area contributed by atoms with Crippen LogP contribution in [0.25, 0.3) is 0 Å². The lowest BCUT2D eigenvalue weighted by molar-refractivity contribution is 0.409. The lowest BCUT2D eigenvalue weighted by Gasteiger charge is -2.05. The molecule has 0 unspecified atom stereocenters. The molecule has 0 radical (unpaired) electrons. The number of nitrogens with zero attached hydrogens (tertiary/aromatic N) is 3. The van der Waals surface area contributed by atoms with E-state index < -0.39 is 5.82 Å². The summed E-state index contributed by atoms with van der Waals surface area (Å²) >= 11 is 0. The molecule has 0 saturated heterocycles. The Bertz CT molecular complexity index is 548. The molecule has 0 amide bonds. The number of hydrogen-bond acceptors (Lipinski definition) is 5. The van der Waals surface area contributed by atoms with Crippen molar-refractivity contribution >= 4 is 0 Å². The molecule has 0 saturated carbocycles. The minimum atomic E-state index is -0.466. The van der Waals surface area contributed by atoms with Crippen molar-refractivity contribution in [3.05, 3.63) is 47.4 Å². The van der Waals surface area contributed by atoms with E-state index in [9.17, 15) is 4.39 Å². The quantitative estimate of drug-likeness (QED) is 0.807. The molecule has 0 aliphatic carbocycles. The van der Waals surface area contributed by atoms with Crippen LogP contribution in [0.4, 0.5) is 4.39 Å². The van der Waals surface area contributed by atoms with E-state index in [1.54, 1.807) is 12.1 Å². The summed E-state index contributed by atoms with van der Waals surface area (Å²) in [6, 6.07) is 6.58. The maximum atomic E-state index is 13.7. The predicted octanol–water partition coefficient (Wildman–Crippen LogP) is 1.41. The molecule has 1 heterocycles. The van der Waals surface area contributed by atoms with E-state index in [1.807, 2.05) is 6.07 Å². The molecule has 0 spiro atoms. The van der Waals surface area contributed by atoms with E-state index in [0.29, 0.717) is 30.9 Å². The first kappa shape index (κ1) is 12.2. The van der Waals surface area contributed by atoms with Crippen molar-refractivity contribution in [1.82, 2.24) is 15.5 Å². The van der Waals surface area contributed by atoms with Crippen molar-refractivity contribution in [3.8, 4) is 6.07 Å². The van der Waals surface area contributed by atoms with Crippen LogP contribution in [0.5, 0.6) is 0 Å². The highest BCUT2D eigenvalue weighted by atomic mass is 19.1. The molecule has 1 N–H and O–H groups in total. The van der Waals surface area contributed by atoms with Gasteiger partial charge in [-0.3, -0.25) is 0 Å². The van der Waals surface area contributed by atoms with Gasteiger partial charge in [0.05, 0.1) is 5.56 Å². The van der Waals surface area contributed by atoms with Crippen LogP contribution in [-0.2, 0) is 13.0 Å². The average Bonchev–Trinajstić information content (AvgIpc) is 2.89. The second kappa shape index (κ2) is 5.89. The fraction of sp³-hybridized carbons (Fsp3) is 0.250. The number of hydrogen-bond donors (Lipinski definition) is 1. The van der Waals surface area contributed by atoms with Crippen LogP contribution in [0, 0.1) is 17.1 Å². The third kappa shape index (κ3) is 2.90. The second-order valence-electron chi connectivity index (χ2n) is 3.66. The zero-order valence-electron chi connectivity index (χ0n) is 9.56. The topological polar surface area (TPSA) is 74.7 Å². The molecule has 2 rings (SSSR count). The van der Waals surface area contributed by atoms with Gasteiger partial charge in [0.15, 0.2) is 5.82 Å². The smallest absolute Gasteiger partial charge is 0.213 e. The van der Waals surface area contributed by atoms with Crippen LogP contribution in [0.15, 0.2) is 29.1 Å². The van der Waals surface area contributed by atoms with Gasteiger partial charge in [0.2, 0.25) is 6.39 Å². The Morgan fingerprint density at radius 2 is 2.33 bits per heavy atom. The molecule has 92 valence electrons. The maximum Gasteiger partial charge on any atom is 0.213 e. The number of halogens is 1. The number of rotatable bonds is 5. The summed E-state index contributed by atoms with van der Waals surface area (Å²) in [6.07, 6.45) is 1.88. The summed E-state index contributed by atoms with van der Waals surface area (Å²) in [5.41, 5.74) is 0.537. The molecule has 0 fully saturated rings. The minimum absolute atomic E-state index is 0.0625. The van der Waals surface area contributed by atoms with Gasteiger partial charge in [-0.15, -0.1) is 0 Å². The van der Waals surface area contributed by atoms with Gasteiger partial charge in [-0.1, -0.05) is 17.3 Å². The summed E-state index contributed by atoms with van der Waals surface area (Å²) < 4.78 is 18.3. The molecule has 1 aromatic carbocycles. The molecule has 6 heteroatoms. The van der Waals surface area contributed by atoms with Gasteiger partial charge in [0.1, 0.15) is 11.9 Å². The first-order valence-electron chi connectivity index (χ1n) is 5.44. The van der Waals surface area contributed by atoms with Crippen LogP contribution in [0.3, 0.4) is 0 Å². The molecule has 0 aliphatic heterocycles. The lowest BCUT2D eigenvalue weighted by atomic mass is 10.1. The number of benzene rings is 1. The Kier molecular flexibility index (Phi) is 3.99. The van der Waals surface area contributed by atoms with Gasteiger partial charge >= 0.3 is 0 Å². The normalized spacial score (nSPS) is 10.2. The van der Waals surface area contributed by atoms with Gasteiger partial charge in [-0.25, -0.2) is 4.39 Å². The van der Waals surface area contributed by atoms with Crippen molar-refractivity contribution in [3.63, 3.8) is 0 Å². The molecule has 0 atom stereocenters. The molecule has 18 heavy (non-hydrogen) atoms. The third-order valence-corrected chi connectivity index (χ3v) is 2.45. The molecule has 0 bridgehead atoms. The standard InChI is InChI=1S/C12H11FN4O/c13-12-9(6-14)2-1-3-10(12)7-15-5-4-11-16-8-18-17-11/h1-3,8,15H,4-5,7H2. The van der Waals surface area contributed by atoms with Crippen LogP contribution in [0.2, 0.25) is 0 Å². The monoisotopic (exact) mass is 246 g/mol. The van der Waals surface area contributed by atoms with Gasteiger partial charge in [-0.2, -0.15) is 10.2 Å². The van der Waals surface area contributed by atoms with E-state index in [1.165, 1.54) is 12.5 Å². The SMILES string of the molecule is N#Cc1cccc(CNCCc2ncon2)c1F. The Labute approximate surface area is 103 Å². The molecule has 5 nitrogen and oxygen atoms in total. The van der Waals surface area contributed by atoms with Gasteiger partial charge in [-0.05, 0) is 6.07 Å². The van der Waals surface area contributed by atoms with Crippen molar-refractivity contribution in [2.24, 2.45) is 0 Å². The molecular weight excluding hydrogens is 235 g/mol. The average molecular weight is 246 g/mol. The lowest BCUT2D eigenvalue weighted by Crippen LogP contribution is -2.18. The Hall–Kier alpha value is -2.26. The highest BCUT2D eigenvalue weighted by Crippen LogP contribution is 2.11. The third-order valence-electron chi connectivity index (χ3n) is 2.45. The minimum Gasteiger partial charge on any atom is -0.343 e. The van der Waals surface area contributed by atoms with Gasteiger partial charge in [0.25, 0.3) is 0 Å². The summed E-state index contributed by atoms with van der Waals surface area (Å²) in [5.74, 6) is 0.140. The number of nitriles is 1. The first-order valence-corrected chi connectivity index (χ1v) is 5.44. The van der Waals surface area contributed by atoms with Gasteiger partial charge in [0, 0.05) is 25.1 Å². The first-order chi connectivity index (χ1) is 8.81. The van der Waals surface area contributed by atoms with E-state index in [4.69, 9.17) is 5.26 Å². The van der Waals surface area contributed by atoms with E-state index >= 15 is 0 Å². The largest absolute Gasteiger partial charge is 0.343 e. The predicted molar refractivity (Wildman–Crippen MR) is 60.8 cm³/mol. The summed E-state index contributed by atoms with van der Waals surface area (Å²) in [7, 11) is 0. The summed E-state index contributed by atoms with van der Waals surface area (Å²) in [5, 5.41) is 15.4. The van der Waals surface area contributed by atoms with Crippen molar-refractivity contribution in [2.45, 2.75) is 13.0 Å². The van der Waals surface area contributed by atoms with Gasteiger partial charge < -0.3 is 9.84 Å². The highest BCUT2D eigenvalue weighted by molar-refractivity contribution is 5.34. The van der Waals surface area contributed by atoms with Crippen LogP contribution >= 0.6 is 0 Å². The van der Waals surface area contributed by atoms with E-state index in [0.717, 1.165) is 0 Å². The van der Waals surface area contributed by atoms with Crippen molar-refractivity contribution < 1.29 is 8.91 Å². The number of nitrogens with one attached hydrogen (secondary N) is 1. The van der Waals surface area contributed by atoms with E-state index in [-0.39, 0.29) is 5.56 Å². The fourth-order valence-electron chi connectivity index (χ4n) is 1.53. The van der Waals surface area contributed by atoms with Crippen molar-refractivity contribution in [1.29, 1.82) is 5.26 Å². The summed E-state index contributed by atoms with van der Waals surface area (Å²) in [4.78, 5) is 3.87. The van der Waals surface area contributed by atoms with E-state index in [2.05, 4.69) is 20.0 Å². The molecule has 0 aliphatic rings. The second-order valence-corrected chi connectivity index (χ2v) is 3.66. The van der Waals surface area contributed by atoms with Crippen LogP contribution < -0.4 is 5.32 Å². The van der Waals surface area contributed by atoms with Crippen LogP contribution in [0.1, 0.15) is 17.0 Å². The Morgan fingerprint density at radius 1 is 1.44 bits per heavy atom. The van der Waals surface area contributed by atoms with Crippen molar-refractivity contribution in [2.75, 3.05) is 6.54 Å². The number of aromatic nitrogens is 2. The molecule has 1 aromatic heterocycles.